The molecule has 0 aliphatic carbocycles. The number of carbonyl (C=O) groups excluding carboxylic acids is 1. The lowest BCUT2D eigenvalue weighted by Gasteiger charge is -2.51. The molecule has 3 aliphatic heterocycles. The van der Waals surface area contributed by atoms with Crippen LogP contribution in [0.25, 0.3) is 0 Å². The molecule has 4 atom stereocenters. The minimum absolute atomic E-state index is 0.00310. The van der Waals surface area contributed by atoms with Crippen molar-refractivity contribution in [2.24, 2.45) is 11.8 Å². The van der Waals surface area contributed by atoms with Gasteiger partial charge in [0.2, 0.25) is 0 Å². The Hall–Kier alpha value is -1.93. The first-order chi connectivity index (χ1) is 12.3. The van der Waals surface area contributed by atoms with Crippen LogP contribution in [0.1, 0.15) is 43.2 Å². The normalized spacial score (nSPS) is 28.5. The number of hydrogen-bond donors (Lipinski definition) is 0. The summed E-state index contributed by atoms with van der Waals surface area (Å²) in [5.74, 6) is 1.45. The largest absolute Gasteiger partial charge is 0.298 e. The molecule has 2 aromatic carbocycles. The van der Waals surface area contributed by atoms with Crippen LogP contribution >= 0.6 is 0 Å². The molecule has 3 fully saturated rings. The first-order valence-electron chi connectivity index (χ1n) is 9.67. The van der Waals surface area contributed by atoms with Crippen LogP contribution < -0.4 is 0 Å². The highest BCUT2D eigenvalue weighted by molar-refractivity contribution is 5.89. The Kier molecular flexibility index (Phi) is 4.72. The molecule has 25 heavy (non-hydrogen) atoms. The van der Waals surface area contributed by atoms with Gasteiger partial charge in [0, 0.05) is 18.4 Å². The van der Waals surface area contributed by atoms with Gasteiger partial charge in [-0.25, -0.2) is 0 Å². The number of piperidine rings is 3. The topological polar surface area (TPSA) is 20.3 Å². The highest BCUT2D eigenvalue weighted by Crippen LogP contribution is 2.42. The van der Waals surface area contributed by atoms with Crippen molar-refractivity contribution in [1.82, 2.24) is 4.90 Å². The van der Waals surface area contributed by atoms with E-state index in [1.807, 2.05) is 0 Å². The molecule has 2 aromatic rings. The molecule has 3 heterocycles. The Morgan fingerprint density at radius 3 is 2.12 bits per heavy atom. The fraction of sp³-hybridized carbons (Fsp3) is 0.435. The number of benzene rings is 2. The quantitative estimate of drug-likeness (QED) is 0.802. The molecule has 3 aliphatic rings. The fourth-order valence-corrected chi connectivity index (χ4v) is 5.00. The van der Waals surface area contributed by atoms with E-state index in [2.05, 4.69) is 72.5 Å². The maximum absolute atomic E-state index is 13.4. The highest BCUT2D eigenvalue weighted by atomic mass is 16.1. The number of rotatable bonds is 5. The van der Waals surface area contributed by atoms with Crippen molar-refractivity contribution >= 4 is 5.78 Å². The van der Waals surface area contributed by atoms with E-state index in [9.17, 15) is 4.79 Å². The molecule has 2 bridgehead atoms. The molecular weight excluding hydrogens is 306 g/mol. The summed E-state index contributed by atoms with van der Waals surface area (Å²) in [6, 6.07) is 21.2. The predicted octanol–water partition coefficient (Wildman–Crippen LogP) is 4.51. The smallest absolute Gasteiger partial charge is 0.154 e. The molecule has 5 rings (SSSR count). The predicted molar refractivity (Wildman–Crippen MR) is 102 cm³/mol. The summed E-state index contributed by atoms with van der Waals surface area (Å²) >= 11 is 0. The van der Waals surface area contributed by atoms with E-state index in [0.717, 1.165) is 19.5 Å². The van der Waals surface area contributed by atoms with Crippen LogP contribution in [0, 0.1) is 11.8 Å². The van der Waals surface area contributed by atoms with Crippen molar-refractivity contribution in [3.63, 3.8) is 0 Å². The van der Waals surface area contributed by atoms with Gasteiger partial charge >= 0.3 is 0 Å². The van der Waals surface area contributed by atoms with Crippen LogP contribution in [0.2, 0.25) is 0 Å². The van der Waals surface area contributed by atoms with Gasteiger partial charge in [-0.2, -0.15) is 0 Å². The molecule has 130 valence electrons. The molecule has 0 radical (unpaired) electrons. The van der Waals surface area contributed by atoms with Gasteiger partial charge in [0.15, 0.2) is 5.78 Å². The van der Waals surface area contributed by atoms with E-state index >= 15 is 0 Å². The van der Waals surface area contributed by atoms with Gasteiger partial charge in [0.1, 0.15) is 0 Å². The third-order valence-electron chi connectivity index (χ3n) is 6.11. The summed E-state index contributed by atoms with van der Waals surface area (Å²) in [6.45, 7) is 4.39. The van der Waals surface area contributed by atoms with E-state index < -0.39 is 0 Å². The molecule has 2 nitrogen and oxygen atoms in total. The standard InChI is InChI=1S/C23H27NO/c1-2-9-19-16-24-15-14-20(19)23(25)22(24)21(17-10-5-3-6-11-17)18-12-7-4-8-13-18/h3-8,10-13,19-22H,2,9,14-16H2,1H3. The Morgan fingerprint density at radius 2 is 1.60 bits per heavy atom. The second kappa shape index (κ2) is 7.13. The van der Waals surface area contributed by atoms with Crippen LogP contribution in [0.5, 0.6) is 0 Å². The van der Waals surface area contributed by atoms with Crippen molar-refractivity contribution in [1.29, 1.82) is 0 Å². The molecule has 2 heteroatoms. The molecule has 0 aromatic heterocycles. The average molecular weight is 333 g/mol. The summed E-state index contributed by atoms with van der Waals surface area (Å²) in [4.78, 5) is 15.9. The molecule has 4 unspecified atom stereocenters. The van der Waals surface area contributed by atoms with Gasteiger partial charge in [-0.05, 0) is 36.4 Å². The van der Waals surface area contributed by atoms with Gasteiger partial charge in [0.05, 0.1) is 6.04 Å². The summed E-state index contributed by atoms with van der Waals surface area (Å²) in [6.07, 6.45) is 3.41. The van der Waals surface area contributed by atoms with Crippen LogP contribution in [0.15, 0.2) is 60.7 Å². The molecular formula is C23H27NO. The van der Waals surface area contributed by atoms with E-state index in [0.29, 0.717) is 11.7 Å². The molecule has 0 N–H and O–H groups in total. The van der Waals surface area contributed by atoms with Gasteiger partial charge in [-0.3, -0.25) is 9.69 Å². The number of fused-ring (bicyclic) bond motifs is 3. The summed E-state index contributed by atoms with van der Waals surface area (Å²) in [5, 5.41) is 0. The van der Waals surface area contributed by atoms with E-state index in [-0.39, 0.29) is 17.9 Å². The maximum Gasteiger partial charge on any atom is 0.154 e. The van der Waals surface area contributed by atoms with Crippen LogP contribution in [0.4, 0.5) is 0 Å². The van der Waals surface area contributed by atoms with Crippen molar-refractivity contribution in [2.45, 2.75) is 38.1 Å². The van der Waals surface area contributed by atoms with E-state index in [4.69, 9.17) is 0 Å². The average Bonchev–Trinajstić information content (AvgIpc) is 2.66. The second-order valence-electron chi connectivity index (χ2n) is 7.59. The fourth-order valence-electron chi connectivity index (χ4n) is 5.00. The number of Topliss-reactive ketones (excluding diaryl/α,β-unsaturated/α-hetero) is 1. The Labute approximate surface area is 150 Å². The summed E-state index contributed by atoms with van der Waals surface area (Å²) < 4.78 is 0. The Morgan fingerprint density at radius 1 is 1.00 bits per heavy atom. The van der Waals surface area contributed by atoms with Gasteiger partial charge < -0.3 is 0 Å². The molecule has 0 spiro atoms. The van der Waals surface area contributed by atoms with Crippen molar-refractivity contribution < 1.29 is 4.79 Å². The van der Waals surface area contributed by atoms with Crippen LogP contribution in [-0.2, 0) is 4.79 Å². The zero-order valence-electron chi connectivity index (χ0n) is 15.0. The first kappa shape index (κ1) is 16.5. The minimum Gasteiger partial charge on any atom is -0.298 e. The highest BCUT2D eigenvalue weighted by Gasteiger charge is 2.49. The van der Waals surface area contributed by atoms with Gasteiger partial charge in [0.25, 0.3) is 0 Å². The van der Waals surface area contributed by atoms with Crippen LogP contribution in [-0.4, -0.2) is 29.8 Å². The number of nitrogens with zero attached hydrogens (tertiary/aromatic N) is 1. The maximum atomic E-state index is 13.4. The third kappa shape index (κ3) is 3.04. The SMILES string of the molecule is CCCC1CN2CCC1C(=O)C2C(c1ccccc1)c1ccccc1. The van der Waals surface area contributed by atoms with Gasteiger partial charge in [-0.15, -0.1) is 0 Å². The van der Waals surface area contributed by atoms with E-state index in [1.54, 1.807) is 0 Å². The van der Waals surface area contributed by atoms with Crippen LogP contribution in [0.3, 0.4) is 0 Å². The lowest BCUT2D eigenvalue weighted by Crippen LogP contribution is -2.61. The van der Waals surface area contributed by atoms with Crippen molar-refractivity contribution in [3.05, 3.63) is 71.8 Å². The zero-order valence-corrected chi connectivity index (χ0v) is 15.0. The third-order valence-corrected chi connectivity index (χ3v) is 6.11. The Bertz CT molecular complexity index is 672. The molecule has 0 saturated carbocycles. The Balaban J connectivity index is 1.72. The minimum atomic E-state index is -0.00310. The van der Waals surface area contributed by atoms with Gasteiger partial charge in [-0.1, -0.05) is 74.0 Å². The van der Waals surface area contributed by atoms with E-state index in [1.165, 1.54) is 24.0 Å². The molecule has 0 amide bonds. The monoisotopic (exact) mass is 333 g/mol. The number of ketones is 1. The second-order valence-corrected chi connectivity index (χ2v) is 7.59. The van der Waals surface area contributed by atoms with Crippen molar-refractivity contribution in [3.8, 4) is 0 Å². The first-order valence-corrected chi connectivity index (χ1v) is 9.67. The molecule has 3 saturated heterocycles. The number of carbonyl (C=O) groups is 1. The summed E-state index contributed by atoms with van der Waals surface area (Å²) in [7, 11) is 0. The lowest BCUT2D eigenvalue weighted by atomic mass is 9.68. The zero-order chi connectivity index (χ0) is 17.2. The number of hydrogen-bond acceptors (Lipinski definition) is 2. The van der Waals surface area contributed by atoms with Crippen molar-refractivity contribution in [2.75, 3.05) is 13.1 Å². The lowest BCUT2D eigenvalue weighted by molar-refractivity contribution is -0.142. The summed E-state index contributed by atoms with van der Waals surface area (Å²) in [5.41, 5.74) is 2.51.